The fourth-order valence-corrected chi connectivity index (χ4v) is 2.15. The normalized spacial score (nSPS) is 10.7. The van der Waals surface area contributed by atoms with Crippen molar-refractivity contribution in [2.24, 2.45) is 0 Å². The molecule has 1 aromatic heterocycles. The van der Waals surface area contributed by atoms with Crippen molar-refractivity contribution in [2.45, 2.75) is 40.2 Å². The highest BCUT2D eigenvalue weighted by atomic mass is 32.1. The highest BCUT2D eigenvalue weighted by molar-refractivity contribution is 7.11. The number of nitrogens with one attached hydrogen (secondary N) is 1. The molecule has 3 heteroatoms. The Hall–Kier alpha value is -0.410. The lowest BCUT2D eigenvalue weighted by molar-refractivity contribution is 0.644. The van der Waals surface area contributed by atoms with E-state index in [1.165, 1.54) is 28.4 Å². The van der Waals surface area contributed by atoms with Crippen LogP contribution in [0.5, 0.6) is 0 Å². The number of aromatic nitrogens is 1. The molecule has 1 N–H and O–H groups in total. The van der Waals surface area contributed by atoms with E-state index < -0.39 is 0 Å². The van der Waals surface area contributed by atoms with Crippen LogP contribution in [0.3, 0.4) is 0 Å². The molecule has 0 aliphatic rings. The zero-order valence-corrected chi connectivity index (χ0v) is 9.50. The summed E-state index contributed by atoms with van der Waals surface area (Å²) in [4.78, 5) is 5.77. The molecule has 1 heterocycles. The van der Waals surface area contributed by atoms with Crippen LogP contribution in [-0.2, 0) is 6.54 Å². The summed E-state index contributed by atoms with van der Waals surface area (Å²) in [5, 5.41) is 4.60. The Labute approximate surface area is 84.4 Å². The van der Waals surface area contributed by atoms with Gasteiger partial charge in [0.15, 0.2) is 0 Å². The van der Waals surface area contributed by atoms with E-state index >= 15 is 0 Å². The molecule has 0 radical (unpaired) electrons. The topological polar surface area (TPSA) is 24.9 Å². The van der Waals surface area contributed by atoms with Gasteiger partial charge in [0.05, 0.1) is 10.7 Å². The monoisotopic (exact) mass is 198 g/mol. The lowest BCUT2D eigenvalue weighted by Gasteiger charge is -2.01. The summed E-state index contributed by atoms with van der Waals surface area (Å²) in [5.41, 5.74) is 1.19. The largest absolute Gasteiger partial charge is 0.312 e. The second-order valence-corrected chi connectivity index (χ2v) is 4.56. The number of thiazole rings is 1. The van der Waals surface area contributed by atoms with Gasteiger partial charge >= 0.3 is 0 Å². The van der Waals surface area contributed by atoms with Gasteiger partial charge < -0.3 is 5.32 Å². The molecular weight excluding hydrogens is 180 g/mol. The van der Waals surface area contributed by atoms with E-state index in [-0.39, 0.29) is 0 Å². The molecule has 0 amide bonds. The van der Waals surface area contributed by atoms with Crippen molar-refractivity contribution in [2.75, 3.05) is 6.54 Å². The van der Waals surface area contributed by atoms with Crippen LogP contribution in [0.2, 0.25) is 0 Å². The lowest BCUT2D eigenvalue weighted by atomic mass is 10.3. The van der Waals surface area contributed by atoms with E-state index in [2.05, 4.69) is 31.1 Å². The van der Waals surface area contributed by atoms with Gasteiger partial charge in [0.25, 0.3) is 0 Å². The molecular formula is C10H18N2S. The van der Waals surface area contributed by atoms with Crippen molar-refractivity contribution in [3.05, 3.63) is 15.6 Å². The Balaban J connectivity index is 2.32. The number of nitrogens with zero attached hydrogens (tertiary/aromatic N) is 1. The fraction of sp³-hybridized carbons (Fsp3) is 0.700. The lowest BCUT2D eigenvalue weighted by Crippen LogP contribution is -2.14. The predicted octanol–water partition coefficient (Wildman–Crippen LogP) is 2.65. The molecule has 0 saturated carbocycles. The fourth-order valence-electron chi connectivity index (χ4n) is 1.24. The van der Waals surface area contributed by atoms with Gasteiger partial charge in [-0.25, -0.2) is 4.98 Å². The Morgan fingerprint density at radius 3 is 2.69 bits per heavy atom. The predicted molar refractivity (Wildman–Crippen MR) is 58.2 cm³/mol. The molecule has 1 aromatic rings. The van der Waals surface area contributed by atoms with Gasteiger partial charge in [-0.15, -0.1) is 11.3 Å². The summed E-state index contributed by atoms with van der Waals surface area (Å²) in [6.45, 7) is 8.46. The Morgan fingerprint density at radius 1 is 1.38 bits per heavy atom. The summed E-state index contributed by atoms with van der Waals surface area (Å²) in [5.74, 6) is 0. The Morgan fingerprint density at radius 2 is 2.15 bits per heavy atom. The molecule has 1 rings (SSSR count). The first kappa shape index (κ1) is 10.7. The first-order valence-corrected chi connectivity index (χ1v) is 5.69. The van der Waals surface area contributed by atoms with Gasteiger partial charge in [-0.3, -0.25) is 0 Å². The molecule has 13 heavy (non-hydrogen) atoms. The zero-order valence-electron chi connectivity index (χ0n) is 8.68. The van der Waals surface area contributed by atoms with Crippen molar-refractivity contribution in [3.8, 4) is 0 Å². The maximum Gasteiger partial charge on any atom is 0.0900 e. The third-order valence-electron chi connectivity index (χ3n) is 1.99. The number of unbranched alkanes of at least 4 members (excludes halogenated alkanes) is 1. The van der Waals surface area contributed by atoms with Gasteiger partial charge in [-0.05, 0) is 26.8 Å². The van der Waals surface area contributed by atoms with Gasteiger partial charge in [-0.1, -0.05) is 13.3 Å². The summed E-state index contributed by atoms with van der Waals surface area (Å²) in [6.07, 6.45) is 2.52. The van der Waals surface area contributed by atoms with Crippen LogP contribution in [0.4, 0.5) is 0 Å². The molecule has 0 atom stereocenters. The highest BCUT2D eigenvalue weighted by Gasteiger charge is 2.02. The maximum absolute atomic E-state index is 4.39. The van der Waals surface area contributed by atoms with Crippen LogP contribution >= 0.6 is 11.3 Å². The molecule has 74 valence electrons. The first-order chi connectivity index (χ1) is 6.24. The number of hydrogen-bond acceptors (Lipinski definition) is 3. The number of rotatable bonds is 5. The van der Waals surface area contributed by atoms with Crippen molar-refractivity contribution in [3.63, 3.8) is 0 Å². The Kier molecular flexibility index (Phi) is 4.39. The molecule has 0 spiro atoms. The second kappa shape index (κ2) is 5.35. The molecule has 0 fully saturated rings. The second-order valence-electron chi connectivity index (χ2n) is 3.27. The minimum atomic E-state index is 0.983. The smallest absolute Gasteiger partial charge is 0.0900 e. The summed E-state index contributed by atoms with van der Waals surface area (Å²) >= 11 is 1.80. The highest BCUT2D eigenvalue weighted by Crippen LogP contribution is 2.16. The molecule has 0 aliphatic carbocycles. The van der Waals surface area contributed by atoms with Crippen LogP contribution in [0, 0.1) is 13.8 Å². The van der Waals surface area contributed by atoms with Gasteiger partial charge in [0.1, 0.15) is 0 Å². The van der Waals surface area contributed by atoms with Gasteiger partial charge in [0, 0.05) is 11.4 Å². The van der Waals surface area contributed by atoms with Crippen LogP contribution in [0.15, 0.2) is 0 Å². The van der Waals surface area contributed by atoms with Crippen molar-refractivity contribution in [1.29, 1.82) is 0 Å². The van der Waals surface area contributed by atoms with Crippen molar-refractivity contribution < 1.29 is 0 Å². The van der Waals surface area contributed by atoms with Crippen LogP contribution in [-0.4, -0.2) is 11.5 Å². The molecule has 0 saturated heterocycles. The zero-order chi connectivity index (χ0) is 9.68. The third-order valence-corrected chi connectivity index (χ3v) is 3.07. The first-order valence-electron chi connectivity index (χ1n) is 4.87. The van der Waals surface area contributed by atoms with Crippen LogP contribution in [0.25, 0.3) is 0 Å². The minimum Gasteiger partial charge on any atom is -0.312 e. The quantitative estimate of drug-likeness (QED) is 0.736. The number of aryl methyl sites for hydroxylation is 2. The van der Waals surface area contributed by atoms with Crippen LogP contribution < -0.4 is 5.32 Å². The van der Waals surface area contributed by atoms with Crippen molar-refractivity contribution in [1.82, 2.24) is 10.3 Å². The van der Waals surface area contributed by atoms with Gasteiger partial charge in [0.2, 0.25) is 0 Å². The molecule has 0 aliphatic heterocycles. The van der Waals surface area contributed by atoms with E-state index in [9.17, 15) is 0 Å². The molecule has 2 nitrogen and oxygen atoms in total. The standard InChI is InChI=1S/C10H18N2S/c1-4-5-6-11-7-10-8(2)12-9(3)13-10/h11H,4-7H2,1-3H3. The van der Waals surface area contributed by atoms with Crippen LogP contribution in [0.1, 0.15) is 35.3 Å². The minimum absolute atomic E-state index is 0.983. The van der Waals surface area contributed by atoms with E-state index in [1.807, 2.05) is 0 Å². The summed E-state index contributed by atoms with van der Waals surface area (Å²) in [6, 6.07) is 0. The van der Waals surface area contributed by atoms with E-state index in [1.54, 1.807) is 11.3 Å². The van der Waals surface area contributed by atoms with E-state index in [0.29, 0.717) is 0 Å². The summed E-state index contributed by atoms with van der Waals surface area (Å²) < 4.78 is 0. The SMILES string of the molecule is CCCCNCc1sc(C)nc1C. The molecule has 0 bridgehead atoms. The molecule has 0 unspecified atom stereocenters. The molecule has 0 aromatic carbocycles. The van der Waals surface area contributed by atoms with Gasteiger partial charge in [-0.2, -0.15) is 0 Å². The van der Waals surface area contributed by atoms with E-state index in [4.69, 9.17) is 0 Å². The Bertz CT molecular complexity index is 255. The van der Waals surface area contributed by atoms with E-state index in [0.717, 1.165) is 13.1 Å². The third kappa shape index (κ3) is 3.44. The average Bonchev–Trinajstić information content (AvgIpc) is 2.39. The maximum atomic E-state index is 4.39. The average molecular weight is 198 g/mol. The summed E-state index contributed by atoms with van der Waals surface area (Å²) in [7, 11) is 0. The number of hydrogen-bond donors (Lipinski definition) is 1. The van der Waals surface area contributed by atoms with Crippen molar-refractivity contribution >= 4 is 11.3 Å².